The zero-order chi connectivity index (χ0) is 18.4. The van der Waals surface area contributed by atoms with Crippen LogP contribution < -0.4 is 14.8 Å². The average molecular weight is 463 g/mol. The Morgan fingerprint density at radius 1 is 0.962 bits per heavy atom. The van der Waals surface area contributed by atoms with Crippen molar-refractivity contribution in [2.75, 3.05) is 12.4 Å². The smallest absolute Gasteiger partial charge is 0.174 e. The summed E-state index contributed by atoms with van der Waals surface area (Å²) in [6.45, 7) is 0.965. The molecule has 26 heavy (non-hydrogen) atoms. The van der Waals surface area contributed by atoms with Crippen LogP contribution in [-0.2, 0) is 13.2 Å². The summed E-state index contributed by atoms with van der Waals surface area (Å²) in [7, 11) is 1.62. The highest BCUT2D eigenvalue weighted by Gasteiger charge is 2.12. The highest BCUT2D eigenvalue weighted by atomic mass is 127. The Balaban J connectivity index is 1.72. The molecule has 1 N–H and O–H groups in total. The molecule has 0 saturated heterocycles. The van der Waals surface area contributed by atoms with Crippen LogP contribution in [0.1, 0.15) is 11.1 Å². The van der Waals surface area contributed by atoms with Gasteiger partial charge in [-0.2, -0.15) is 0 Å². The predicted molar refractivity (Wildman–Crippen MR) is 110 cm³/mol. The van der Waals surface area contributed by atoms with Crippen LogP contribution in [-0.4, -0.2) is 7.11 Å². The fourth-order valence-electron chi connectivity index (χ4n) is 2.56. The Morgan fingerprint density at radius 3 is 2.50 bits per heavy atom. The number of methoxy groups -OCH3 is 1. The second kappa shape index (κ2) is 8.89. The summed E-state index contributed by atoms with van der Waals surface area (Å²) in [4.78, 5) is 0. The van der Waals surface area contributed by atoms with Crippen LogP contribution in [0.25, 0.3) is 0 Å². The molecule has 0 amide bonds. The molecule has 3 aromatic carbocycles. The van der Waals surface area contributed by atoms with Crippen molar-refractivity contribution in [1.29, 1.82) is 0 Å². The van der Waals surface area contributed by atoms with E-state index in [9.17, 15) is 4.39 Å². The van der Waals surface area contributed by atoms with Crippen molar-refractivity contribution >= 4 is 28.3 Å². The van der Waals surface area contributed by atoms with E-state index in [0.29, 0.717) is 18.0 Å². The van der Waals surface area contributed by atoms with E-state index in [1.807, 2.05) is 42.5 Å². The maximum atomic E-state index is 13.3. The number of nitrogens with one attached hydrogen (secondary N) is 1. The first kappa shape index (κ1) is 18.5. The Labute approximate surface area is 166 Å². The number of para-hydroxylation sites is 1. The van der Waals surface area contributed by atoms with Crippen molar-refractivity contribution in [2.24, 2.45) is 0 Å². The van der Waals surface area contributed by atoms with E-state index in [-0.39, 0.29) is 12.4 Å². The fourth-order valence-corrected chi connectivity index (χ4v) is 3.38. The van der Waals surface area contributed by atoms with Gasteiger partial charge in [0.2, 0.25) is 0 Å². The van der Waals surface area contributed by atoms with Crippen molar-refractivity contribution in [3.05, 3.63) is 87.2 Å². The summed E-state index contributed by atoms with van der Waals surface area (Å²) in [5.74, 6) is 1.06. The molecule has 3 rings (SSSR count). The summed E-state index contributed by atoms with van der Waals surface area (Å²) < 4.78 is 25.7. The van der Waals surface area contributed by atoms with Gasteiger partial charge in [-0.25, -0.2) is 4.39 Å². The number of anilines is 1. The van der Waals surface area contributed by atoms with Gasteiger partial charge in [0.05, 0.1) is 10.7 Å². The third-order valence-electron chi connectivity index (χ3n) is 3.83. The summed E-state index contributed by atoms with van der Waals surface area (Å²) in [6, 6.07) is 20.4. The van der Waals surface area contributed by atoms with E-state index in [1.165, 1.54) is 12.1 Å². The standard InChI is InChI=1S/C21H19FINO2/c1-25-20-12-16(13-24-18-8-3-2-4-9-18)11-19(23)21(20)26-14-15-6-5-7-17(22)10-15/h2-12,24H,13-14H2,1H3. The van der Waals surface area contributed by atoms with Crippen molar-refractivity contribution in [3.63, 3.8) is 0 Å². The van der Waals surface area contributed by atoms with Gasteiger partial charge in [0, 0.05) is 12.2 Å². The lowest BCUT2D eigenvalue weighted by molar-refractivity contribution is 0.281. The van der Waals surface area contributed by atoms with E-state index in [0.717, 1.165) is 20.4 Å². The molecule has 0 heterocycles. The molecule has 0 spiro atoms. The van der Waals surface area contributed by atoms with Crippen molar-refractivity contribution in [2.45, 2.75) is 13.2 Å². The Hall–Kier alpha value is -2.28. The molecule has 0 aliphatic heterocycles. The molecule has 0 bridgehead atoms. The predicted octanol–water partition coefficient (Wildman–Crippen LogP) is 5.63. The van der Waals surface area contributed by atoms with Gasteiger partial charge < -0.3 is 14.8 Å². The number of halogens is 2. The van der Waals surface area contributed by atoms with Crippen molar-refractivity contribution in [1.82, 2.24) is 0 Å². The quantitative estimate of drug-likeness (QED) is 0.461. The van der Waals surface area contributed by atoms with Crippen molar-refractivity contribution < 1.29 is 13.9 Å². The van der Waals surface area contributed by atoms with E-state index in [4.69, 9.17) is 9.47 Å². The van der Waals surface area contributed by atoms with Crippen LogP contribution in [0.5, 0.6) is 11.5 Å². The second-order valence-corrected chi connectivity index (χ2v) is 6.91. The molecule has 0 unspecified atom stereocenters. The molecule has 0 aliphatic rings. The largest absolute Gasteiger partial charge is 0.493 e. The Bertz CT molecular complexity index is 871. The van der Waals surface area contributed by atoms with E-state index < -0.39 is 0 Å². The lowest BCUT2D eigenvalue weighted by Crippen LogP contribution is -2.03. The Morgan fingerprint density at radius 2 is 1.77 bits per heavy atom. The maximum Gasteiger partial charge on any atom is 0.174 e. The highest BCUT2D eigenvalue weighted by molar-refractivity contribution is 14.1. The van der Waals surface area contributed by atoms with Gasteiger partial charge >= 0.3 is 0 Å². The third kappa shape index (κ3) is 4.88. The monoisotopic (exact) mass is 463 g/mol. The lowest BCUT2D eigenvalue weighted by atomic mass is 10.2. The molecular formula is C21H19FINO2. The average Bonchev–Trinajstić information content (AvgIpc) is 2.66. The molecule has 3 nitrogen and oxygen atoms in total. The number of hydrogen-bond donors (Lipinski definition) is 1. The number of rotatable bonds is 7. The van der Waals surface area contributed by atoms with Gasteiger partial charge in [0.25, 0.3) is 0 Å². The first-order chi connectivity index (χ1) is 12.7. The van der Waals surface area contributed by atoms with Gasteiger partial charge in [0.15, 0.2) is 11.5 Å². The van der Waals surface area contributed by atoms with Crippen LogP contribution in [0.2, 0.25) is 0 Å². The summed E-state index contributed by atoms with van der Waals surface area (Å²) in [5, 5.41) is 3.38. The molecule has 0 atom stereocenters. The zero-order valence-corrected chi connectivity index (χ0v) is 16.5. The van der Waals surface area contributed by atoms with Crippen molar-refractivity contribution in [3.8, 4) is 11.5 Å². The number of ether oxygens (including phenoxy) is 2. The zero-order valence-electron chi connectivity index (χ0n) is 14.3. The molecule has 134 valence electrons. The first-order valence-corrected chi connectivity index (χ1v) is 9.26. The second-order valence-electron chi connectivity index (χ2n) is 5.75. The molecule has 0 radical (unpaired) electrons. The van der Waals surface area contributed by atoms with Gasteiger partial charge in [0.1, 0.15) is 12.4 Å². The Kier molecular flexibility index (Phi) is 6.33. The van der Waals surface area contributed by atoms with Crippen LogP contribution in [0.15, 0.2) is 66.7 Å². The molecule has 3 aromatic rings. The van der Waals surface area contributed by atoms with Crippen LogP contribution in [0.3, 0.4) is 0 Å². The first-order valence-electron chi connectivity index (χ1n) is 8.18. The lowest BCUT2D eigenvalue weighted by Gasteiger charge is -2.15. The third-order valence-corrected chi connectivity index (χ3v) is 4.63. The molecule has 5 heteroatoms. The minimum atomic E-state index is -0.268. The summed E-state index contributed by atoms with van der Waals surface area (Å²) in [5.41, 5.74) is 2.93. The molecular weight excluding hydrogens is 444 g/mol. The minimum Gasteiger partial charge on any atom is -0.493 e. The number of benzene rings is 3. The van der Waals surface area contributed by atoms with Crippen LogP contribution in [0.4, 0.5) is 10.1 Å². The van der Waals surface area contributed by atoms with E-state index in [2.05, 4.69) is 34.0 Å². The number of hydrogen-bond acceptors (Lipinski definition) is 3. The molecule has 0 fully saturated rings. The normalized spacial score (nSPS) is 10.4. The summed E-state index contributed by atoms with van der Waals surface area (Å²) >= 11 is 2.23. The van der Waals surface area contributed by atoms with Crippen LogP contribution >= 0.6 is 22.6 Å². The molecule has 0 aromatic heterocycles. The van der Waals surface area contributed by atoms with Gasteiger partial charge in [-0.3, -0.25) is 0 Å². The molecule has 0 aliphatic carbocycles. The van der Waals surface area contributed by atoms with Gasteiger partial charge in [-0.15, -0.1) is 0 Å². The van der Waals surface area contributed by atoms with Crippen LogP contribution in [0, 0.1) is 9.39 Å². The summed E-state index contributed by atoms with van der Waals surface area (Å²) in [6.07, 6.45) is 0. The van der Waals surface area contributed by atoms with E-state index in [1.54, 1.807) is 13.2 Å². The topological polar surface area (TPSA) is 30.5 Å². The van der Waals surface area contributed by atoms with Gasteiger partial charge in [-0.05, 0) is 70.1 Å². The highest BCUT2D eigenvalue weighted by Crippen LogP contribution is 2.34. The van der Waals surface area contributed by atoms with E-state index >= 15 is 0 Å². The SMILES string of the molecule is COc1cc(CNc2ccccc2)cc(I)c1OCc1cccc(F)c1. The maximum absolute atomic E-state index is 13.3. The fraction of sp³-hybridized carbons (Fsp3) is 0.143. The molecule has 0 saturated carbocycles. The minimum absolute atomic E-state index is 0.268. The van der Waals surface area contributed by atoms with Gasteiger partial charge in [-0.1, -0.05) is 30.3 Å².